The van der Waals surface area contributed by atoms with E-state index in [0.717, 1.165) is 10.2 Å². The van der Waals surface area contributed by atoms with Crippen LogP contribution in [0.15, 0.2) is 53.0 Å². The van der Waals surface area contributed by atoms with E-state index >= 15 is 0 Å². The predicted molar refractivity (Wildman–Crippen MR) is 96.6 cm³/mol. The van der Waals surface area contributed by atoms with Gasteiger partial charge in [-0.1, -0.05) is 26.0 Å². The van der Waals surface area contributed by atoms with E-state index in [1.54, 1.807) is 30.3 Å². The van der Waals surface area contributed by atoms with Crippen LogP contribution in [0.25, 0.3) is 0 Å². The van der Waals surface area contributed by atoms with E-state index in [9.17, 15) is 9.59 Å². The summed E-state index contributed by atoms with van der Waals surface area (Å²) in [6, 6.07) is 14.3. The number of hydrogen-bond donors (Lipinski definition) is 2. The Morgan fingerprint density at radius 1 is 0.957 bits per heavy atom. The van der Waals surface area contributed by atoms with Gasteiger partial charge >= 0.3 is 0 Å². The largest absolute Gasteiger partial charge is 0.326 e. The molecule has 0 spiro atoms. The minimum absolute atomic E-state index is 0.00926. The van der Waals surface area contributed by atoms with Crippen LogP contribution in [0.5, 0.6) is 0 Å². The second-order valence-electron chi connectivity index (χ2n) is 5.66. The third kappa shape index (κ3) is 5.21. The van der Waals surface area contributed by atoms with Crippen molar-refractivity contribution >= 4 is 39.1 Å². The Kier molecular flexibility index (Phi) is 5.93. The first kappa shape index (κ1) is 17.2. The van der Waals surface area contributed by atoms with Crippen LogP contribution in [0.2, 0.25) is 0 Å². The lowest BCUT2D eigenvalue weighted by Crippen LogP contribution is -2.14. The van der Waals surface area contributed by atoms with Crippen LogP contribution in [-0.2, 0) is 4.79 Å². The Morgan fingerprint density at radius 2 is 1.52 bits per heavy atom. The number of rotatable bonds is 5. The summed E-state index contributed by atoms with van der Waals surface area (Å²) in [5.74, 6) is 0.122. The van der Waals surface area contributed by atoms with Gasteiger partial charge in [0.05, 0.1) is 5.56 Å². The number of carbonyl (C=O) groups is 2. The molecule has 0 aliphatic rings. The Hall–Kier alpha value is -2.14. The molecule has 0 heterocycles. The van der Waals surface area contributed by atoms with Crippen molar-refractivity contribution in [3.05, 3.63) is 58.6 Å². The summed E-state index contributed by atoms with van der Waals surface area (Å²) < 4.78 is 0.745. The molecule has 2 N–H and O–H groups in total. The highest BCUT2D eigenvalue weighted by Gasteiger charge is 2.10. The van der Waals surface area contributed by atoms with Crippen molar-refractivity contribution in [3.63, 3.8) is 0 Å². The molecular formula is C18H19BrN2O2. The topological polar surface area (TPSA) is 58.2 Å². The molecule has 2 amide bonds. The van der Waals surface area contributed by atoms with Crippen LogP contribution in [0, 0.1) is 5.92 Å². The van der Waals surface area contributed by atoms with Gasteiger partial charge in [-0.15, -0.1) is 0 Å². The third-order valence-electron chi connectivity index (χ3n) is 3.14. The lowest BCUT2D eigenvalue weighted by Gasteiger charge is -2.09. The van der Waals surface area contributed by atoms with Gasteiger partial charge in [0.25, 0.3) is 5.91 Å². The van der Waals surface area contributed by atoms with Crippen molar-refractivity contribution in [1.82, 2.24) is 0 Å². The molecule has 0 aliphatic carbocycles. The molecule has 0 saturated heterocycles. The minimum Gasteiger partial charge on any atom is -0.326 e. The summed E-state index contributed by atoms with van der Waals surface area (Å²) in [5, 5.41) is 5.67. The average Bonchev–Trinajstić information content (AvgIpc) is 2.48. The molecule has 0 radical (unpaired) electrons. The summed E-state index contributed by atoms with van der Waals surface area (Å²) in [5.41, 5.74) is 1.96. The Labute approximate surface area is 144 Å². The van der Waals surface area contributed by atoms with Gasteiger partial charge in [-0.05, 0) is 58.2 Å². The number of halogens is 1. The second kappa shape index (κ2) is 7.92. The van der Waals surface area contributed by atoms with Crippen LogP contribution < -0.4 is 10.6 Å². The molecule has 23 heavy (non-hydrogen) atoms. The first-order valence-corrected chi connectivity index (χ1v) is 8.21. The van der Waals surface area contributed by atoms with Crippen LogP contribution in [0.4, 0.5) is 11.4 Å². The highest BCUT2D eigenvalue weighted by Crippen LogP contribution is 2.19. The van der Waals surface area contributed by atoms with Gasteiger partial charge in [-0.3, -0.25) is 9.59 Å². The van der Waals surface area contributed by atoms with E-state index in [0.29, 0.717) is 23.6 Å². The third-order valence-corrected chi connectivity index (χ3v) is 3.83. The van der Waals surface area contributed by atoms with Gasteiger partial charge in [0, 0.05) is 22.3 Å². The number of nitrogens with one attached hydrogen (secondary N) is 2. The Bertz CT molecular complexity index is 696. The van der Waals surface area contributed by atoms with Crippen LogP contribution in [0.3, 0.4) is 0 Å². The zero-order valence-corrected chi connectivity index (χ0v) is 14.7. The van der Waals surface area contributed by atoms with Crippen molar-refractivity contribution in [2.45, 2.75) is 20.3 Å². The van der Waals surface area contributed by atoms with Gasteiger partial charge in [-0.25, -0.2) is 0 Å². The Balaban J connectivity index is 1.99. The van der Waals surface area contributed by atoms with E-state index in [1.165, 1.54) is 0 Å². The summed E-state index contributed by atoms with van der Waals surface area (Å²) in [4.78, 5) is 23.9. The highest BCUT2D eigenvalue weighted by molar-refractivity contribution is 9.10. The van der Waals surface area contributed by atoms with Crippen molar-refractivity contribution in [2.75, 3.05) is 10.6 Å². The molecular weight excluding hydrogens is 356 g/mol. The first-order valence-electron chi connectivity index (χ1n) is 7.41. The lowest BCUT2D eigenvalue weighted by atomic mass is 10.1. The average molecular weight is 375 g/mol. The molecule has 2 aromatic rings. The highest BCUT2D eigenvalue weighted by atomic mass is 79.9. The molecule has 0 atom stereocenters. The molecule has 0 aliphatic heterocycles. The standard InChI is InChI=1S/C18H19BrN2O2/c1-12(2)11-17(22)20-13-7-9-14(10-8-13)21-18(23)15-5-3-4-6-16(15)19/h3-10,12H,11H2,1-2H3,(H,20,22)(H,21,23). The summed E-state index contributed by atoms with van der Waals surface area (Å²) >= 11 is 3.36. The first-order chi connectivity index (χ1) is 11.0. The van der Waals surface area contributed by atoms with Gasteiger partial charge < -0.3 is 10.6 Å². The maximum absolute atomic E-state index is 12.2. The number of anilines is 2. The predicted octanol–water partition coefficient (Wildman–Crippen LogP) is 4.69. The monoisotopic (exact) mass is 374 g/mol. The van der Waals surface area contributed by atoms with Gasteiger partial charge in [0.2, 0.25) is 5.91 Å². The minimum atomic E-state index is -0.186. The SMILES string of the molecule is CC(C)CC(=O)Nc1ccc(NC(=O)c2ccccc2Br)cc1. The van der Waals surface area contributed by atoms with Crippen molar-refractivity contribution < 1.29 is 9.59 Å². The van der Waals surface area contributed by atoms with Crippen LogP contribution in [0.1, 0.15) is 30.6 Å². The number of carbonyl (C=O) groups excluding carboxylic acids is 2. The maximum Gasteiger partial charge on any atom is 0.256 e. The Morgan fingerprint density at radius 3 is 2.09 bits per heavy atom. The summed E-state index contributed by atoms with van der Waals surface area (Å²) in [6.45, 7) is 4.00. The second-order valence-corrected chi connectivity index (χ2v) is 6.51. The number of hydrogen-bond acceptors (Lipinski definition) is 2. The van der Waals surface area contributed by atoms with Crippen molar-refractivity contribution in [1.29, 1.82) is 0 Å². The van der Waals surface area contributed by atoms with Gasteiger partial charge in [-0.2, -0.15) is 0 Å². The van der Waals surface area contributed by atoms with Crippen LogP contribution in [-0.4, -0.2) is 11.8 Å². The summed E-state index contributed by atoms with van der Waals surface area (Å²) in [6.07, 6.45) is 0.487. The molecule has 2 aromatic carbocycles. The molecule has 0 fully saturated rings. The van der Waals surface area contributed by atoms with Gasteiger partial charge in [0.1, 0.15) is 0 Å². The lowest BCUT2D eigenvalue weighted by molar-refractivity contribution is -0.116. The molecule has 0 unspecified atom stereocenters. The molecule has 5 heteroatoms. The summed E-state index contributed by atoms with van der Waals surface area (Å²) in [7, 11) is 0. The zero-order chi connectivity index (χ0) is 16.8. The number of amides is 2. The molecule has 0 bridgehead atoms. The fourth-order valence-electron chi connectivity index (χ4n) is 2.06. The number of benzene rings is 2. The molecule has 4 nitrogen and oxygen atoms in total. The van der Waals surface area contributed by atoms with E-state index in [4.69, 9.17) is 0 Å². The van der Waals surface area contributed by atoms with E-state index in [1.807, 2.05) is 32.0 Å². The van der Waals surface area contributed by atoms with Crippen molar-refractivity contribution in [2.24, 2.45) is 5.92 Å². The zero-order valence-electron chi connectivity index (χ0n) is 13.1. The quantitative estimate of drug-likeness (QED) is 0.797. The van der Waals surface area contributed by atoms with E-state index < -0.39 is 0 Å². The van der Waals surface area contributed by atoms with E-state index in [2.05, 4.69) is 26.6 Å². The van der Waals surface area contributed by atoms with Crippen LogP contribution >= 0.6 is 15.9 Å². The molecule has 2 rings (SSSR count). The molecule has 0 aromatic heterocycles. The molecule has 0 saturated carbocycles. The van der Waals surface area contributed by atoms with E-state index in [-0.39, 0.29) is 11.8 Å². The fourth-order valence-corrected chi connectivity index (χ4v) is 2.53. The molecule has 120 valence electrons. The van der Waals surface area contributed by atoms with Crippen molar-refractivity contribution in [3.8, 4) is 0 Å². The van der Waals surface area contributed by atoms with Gasteiger partial charge in [0.15, 0.2) is 0 Å². The normalized spacial score (nSPS) is 10.4. The smallest absolute Gasteiger partial charge is 0.256 e. The maximum atomic E-state index is 12.2. The fraction of sp³-hybridized carbons (Fsp3) is 0.222.